The van der Waals surface area contributed by atoms with Gasteiger partial charge in [-0.05, 0) is 23.1 Å². The average molecular weight is 269 g/mol. The van der Waals surface area contributed by atoms with Gasteiger partial charge < -0.3 is 16.0 Å². The molecule has 0 aliphatic heterocycles. The number of carbonyl (C=O) groups excluding carboxylic acids is 1. The van der Waals surface area contributed by atoms with E-state index < -0.39 is 5.91 Å². The Morgan fingerprint density at radius 3 is 3.15 bits per heavy atom. The van der Waals surface area contributed by atoms with E-state index in [0.29, 0.717) is 6.54 Å². The molecule has 0 aliphatic rings. The van der Waals surface area contributed by atoms with Crippen molar-refractivity contribution < 1.29 is 4.79 Å². The Hall–Kier alpha value is -2.76. The molecule has 0 aliphatic carbocycles. The lowest BCUT2D eigenvalue weighted by molar-refractivity contribution is -0.118. The summed E-state index contributed by atoms with van der Waals surface area (Å²) >= 11 is 0. The second kappa shape index (κ2) is 5.08. The molecule has 3 rings (SSSR count). The van der Waals surface area contributed by atoms with Crippen LogP contribution in [0.2, 0.25) is 0 Å². The number of nitrogens with zero attached hydrogens (tertiary/aromatic N) is 2. The van der Waals surface area contributed by atoms with Gasteiger partial charge in [0.25, 0.3) is 0 Å². The maximum absolute atomic E-state index is 10.8. The molecule has 0 unspecified atom stereocenters. The van der Waals surface area contributed by atoms with Crippen molar-refractivity contribution in [2.45, 2.75) is 13.1 Å². The van der Waals surface area contributed by atoms with Gasteiger partial charge in [0, 0.05) is 24.5 Å². The Kier molecular flexibility index (Phi) is 3.12. The summed E-state index contributed by atoms with van der Waals surface area (Å²) in [6.07, 6.45) is 5.36. The lowest BCUT2D eigenvalue weighted by Crippen LogP contribution is -2.18. The molecule has 6 heteroatoms. The molecule has 2 aromatic heterocycles. The molecule has 0 atom stereocenters. The molecular formula is C14H15N5O. The highest BCUT2D eigenvalue weighted by atomic mass is 16.1. The van der Waals surface area contributed by atoms with Crippen LogP contribution in [0, 0.1) is 0 Å². The van der Waals surface area contributed by atoms with Gasteiger partial charge in [0.1, 0.15) is 6.54 Å². The van der Waals surface area contributed by atoms with Crippen LogP contribution in [0.1, 0.15) is 5.56 Å². The van der Waals surface area contributed by atoms with Gasteiger partial charge in [0.2, 0.25) is 5.91 Å². The van der Waals surface area contributed by atoms with Gasteiger partial charge in [-0.25, -0.2) is 0 Å². The number of primary amides is 1. The molecule has 20 heavy (non-hydrogen) atoms. The quantitative estimate of drug-likeness (QED) is 0.655. The Morgan fingerprint density at radius 1 is 1.40 bits per heavy atom. The number of aromatic nitrogens is 3. The van der Waals surface area contributed by atoms with Crippen molar-refractivity contribution in [1.29, 1.82) is 0 Å². The van der Waals surface area contributed by atoms with Crippen molar-refractivity contribution in [3.05, 3.63) is 48.4 Å². The fourth-order valence-corrected chi connectivity index (χ4v) is 2.11. The number of hydrogen-bond donors (Lipinski definition) is 3. The summed E-state index contributed by atoms with van der Waals surface area (Å²) in [6, 6.07) is 8.31. The molecule has 0 saturated carbocycles. The third kappa shape index (κ3) is 2.64. The first-order valence-electron chi connectivity index (χ1n) is 6.31. The van der Waals surface area contributed by atoms with Crippen LogP contribution in [0.4, 0.5) is 5.69 Å². The van der Waals surface area contributed by atoms with Crippen molar-refractivity contribution in [3.8, 4) is 0 Å². The van der Waals surface area contributed by atoms with Gasteiger partial charge in [0.15, 0.2) is 0 Å². The van der Waals surface area contributed by atoms with Gasteiger partial charge in [-0.15, -0.1) is 0 Å². The third-order valence-corrected chi connectivity index (χ3v) is 3.07. The highest BCUT2D eigenvalue weighted by Gasteiger charge is 2.02. The number of nitrogens with two attached hydrogens (primary N) is 1. The van der Waals surface area contributed by atoms with Crippen molar-refractivity contribution in [1.82, 2.24) is 14.8 Å². The number of H-pyrrole nitrogens is 1. The summed E-state index contributed by atoms with van der Waals surface area (Å²) in [5, 5.41) is 8.52. The normalized spacial score (nSPS) is 10.8. The van der Waals surface area contributed by atoms with Crippen LogP contribution in [0.25, 0.3) is 10.9 Å². The van der Waals surface area contributed by atoms with E-state index in [1.807, 2.05) is 12.3 Å². The van der Waals surface area contributed by atoms with E-state index in [1.165, 1.54) is 15.6 Å². The van der Waals surface area contributed by atoms with E-state index in [9.17, 15) is 4.79 Å². The SMILES string of the molecule is NC(=O)Cn1cc(NCc2ccc3cc[nH]c3c2)cn1. The monoisotopic (exact) mass is 269 g/mol. The minimum atomic E-state index is -0.406. The Morgan fingerprint density at radius 2 is 2.30 bits per heavy atom. The fraction of sp³-hybridized carbons (Fsp3) is 0.143. The van der Waals surface area contributed by atoms with Crippen LogP contribution in [-0.4, -0.2) is 20.7 Å². The second-order valence-corrected chi connectivity index (χ2v) is 4.65. The van der Waals surface area contributed by atoms with E-state index in [4.69, 9.17) is 5.73 Å². The number of rotatable bonds is 5. The lowest BCUT2D eigenvalue weighted by atomic mass is 10.1. The zero-order chi connectivity index (χ0) is 13.9. The molecule has 2 heterocycles. The summed E-state index contributed by atoms with van der Waals surface area (Å²) in [5.41, 5.74) is 8.27. The maximum atomic E-state index is 10.8. The summed E-state index contributed by atoms with van der Waals surface area (Å²) in [5.74, 6) is -0.406. The summed E-state index contributed by atoms with van der Waals surface area (Å²) in [4.78, 5) is 14.0. The van der Waals surface area contributed by atoms with Crippen LogP contribution >= 0.6 is 0 Å². The molecule has 102 valence electrons. The number of carbonyl (C=O) groups is 1. The summed E-state index contributed by atoms with van der Waals surface area (Å²) < 4.78 is 1.51. The largest absolute Gasteiger partial charge is 0.378 e. The molecule has 0 spiro atoms. The highest BCUT2D eigenvalue weighted by Crippen LogP contribution is 2.15. The van der Waals surface area contributed by atoms with Crippen molar-refractivity contribution in [2.24, 2.45) is 5.73 Å². The zero-order valence-electron chi connectivity index (χ0n) is 10.8. The van der Waals surface area contributed by atoms with Gasteiger partial charge >= 0.3 is 0 Å². The Bertz CT molecular complexity index is 743. The van der Waals surface area contributed by atoms with E-state index >= 15 is 0 Å². The summed E-state index contributed by atoms with van der Waals surface area (Å²) in [6.45, 7) is 0.785. The van der Waals surface area contributed by atoms with Gasteiger partial charge in [0.05, 0.1) is 11.9 Å². The van der Waals surface area contributed by atoms with Crippen LogP contribution in [-0.2, 0) is 17.9 Å². The molecular weight excluding hydrogens is 254 g/mol. The molecule has 0 radical (unpaired) electrons. The van der Waals surface area contributed by atoms with E-state index in [0.717, 1.165) is 11.2 Å². The Labute approximate surface area is 115 Å². The third-order valence-electron chi connectivity index (χ3n) is 3.07. The lowest BCUT2D eigenvalue weighted by Gasteiger charge is -2.04. The predicted octanol–water partition coefficient (Wildman–Crippen LogP) is 1.46. The van der Waals surface area contributed by atoms with Crippen molar-refractivity contribution >= 4 is 22.5 Å². The molecule has 0 bridgehead atoms. The van der Waals surface area contributed by atoms with Crippen molar-refractivity contribution in [2.75, 3.05) is 5.32 Å². The fourth-order valence-electron chi connectivity index (χ4n) is 2.11. The van der Waals surface area contributed by atoms with Gasteiger partial charge in [-0.3, -0.25) is 9.48 Å². The standard InChI is InChI=1S/C14H15N5O/c15-14(20)9-19-8-12(7-18-19)17-6-10-1-2-11-3-4-16-13(11)5-10/h1-5,7-8,16-17H,6,9H2,(H2,15,20). The molecule has 4 N–H and O–H groups in total. The first-order valence-corrected chi connectivity index (χ1v) is 6.31. The van der Waals surface area contributed by atoms with E-state index in [-0.39, 0.29) is 6.54 Å². The number of benzene rings is 1. The van der Waals surface area contributed by atoms with Crippen LogP contribution in [0.5, 0.6) is 0 Å². The van der Waals surface area contributed by atoms with E-state index in [1.54, 1.807) is 12.4 Å². The zero-order valence-corrected chi connectivity index (χ0v) is 10.8. The first-order chi connectivity index (χ1) is 9.70. The number of anilines is 1. The molecule has 0 saturated heterocycles. The average Bonchev–Trinajstić information content (AvgIpc) is 3.03. The maximum Gasteiger partial charge on any atom is 0.239 e. The molecule has 3 aromatic rings. The summed E-state index contributed by atoms with van der Waals surface area (Å²) in [7, 11) is 0. The number of hydrogen-bond acceptors (Lipinski definition) is 3. The van der Waals surface area contributed by atoms with Gasteiger partial charge in [-0.2, -0.15) is 5.10 Å². The molecule has 1 aromatic carbocycles. The van der Waals surface area contributed by atoms with Crippen molar-refractivity contribution in [3.63, 3.8) is 0 Å². The topological polar surface area (TPSA) is 88.7 Å². The number of amides is 1. The van der Waals surface area contributed by atoms with Crippen LogP contribution in [0.15, 0.2) is 42.9 Å². The number of nitrogens with one attached hydrogen (secondary N) is 2. The minimum absolute atomic E-state index is 0.0934. The first kappa shape index (κ1) is 12.3. The predicted molar refractivity (Wildman–Crippen MR) is 77.0 cm³/mol. The van der Waals surface area contributed by atoms with Crippen LogP contribution in [0.3, 0.4) is 0 Å². The number of fused-ring (bicyclic) bond motifs is 1. The molecule has 1 amide bonds. The highest BCUT2D eigenvalue weighted by molar-refractivity contribution is 5.79. The van der Waals surface area contributed by atoms with Crippen LogP contribution < -0.4 is 11.1 Å². The minimum Gasteiger partial charge on any atom is -0.378 e. The number of aromatic amines is 1. The van der Waals surface area contributed by atoms with E-state index in [2.05, 4.69) is 33.6 Å². The molecule has 0 fully saturated rings. The van der Waals surface area contributed by atoms with Gasteiger partial charge in [-0.1, -0.05) is 12.1 Å². The smallest absolute Gasteiger partial charge is 0.239 e. The second-order valence-electron chi connectivity index (χ2n) is 4.65. The Balaban J connectivity index is 1.66. The molecule has 6 nitrogen and oxygen atoms in total.